The standard InChI is InChI=1S/C19H17FN4O4S/c1-12(29-10-17(25)21-14-8-6-13(20)7-9-14)19(27)28-11-24-18(26)15-4-2-3-5-16(15)22-23-24/h2-9,12H,10-11H2,1H3,(H,21,25). The van der Waals surface area contributed by atoms with Crippen molar-refractivity contribution in [3.05, 3.63) is 64.7 Å². The molecule has 1 amide bonds. The van der Waals surface area contributed by atoms with E-state index in [1.807, 2.05) is 0 Å². The van der Waals surface area contributed by atoms with Gasteiger partial charge in [0.2, 0.25) is 5.91 Å². The van der Waals surface area contributed by atoms with Crippen LogP contribution in [0.15, 0.2) is 53.3 Å². The number of benzene rings is 2. The minimum Gasteiger partial charge on any atom is -0.441 e. The van der Waals surface area contributed by atoms with Crippen LogP contribution in [-0.2, 0) is 21.1 Å². The molecule has 1 aromatic heterocycles. The number of ether oxygens (including phenoxy) is 1. The van der Waals surface area contributed by atoms with Gasteiger partial charge in [-0.05, 0) is 43.3 Å². The maximum Gasteiger partial charge on any atom is 0.320 e. The number of hydrogen-bond acceptors (Lipinski definition) is 7. The highest BCUT2D eigenvalue weighted by molar-refractivity contribution is 8.01. The molecule has 8 nitrogen and oxygen atoms in total. The molecule has 10 heteroatoms. The van der Waals surface area contributed by atoms with Crippen LogP contribution in [0, 0.1) is 5.82 Å². The van der Waals surface area contributed by atoms with Gasteiger partial charge in [-0.2, -0.15) is 4.68 Å². The van der Waals surface area contributed by atoms with Gasteiger partial charge >= 0.3 is 5.97 Å². The van der Waals surface area contributed by atoms with Crippen molar-refractivity contribution in [3.63, 3.8) is 0 Å². The van der Waals surface area contributed by atoms with E-state index in [-0.39, 0.29) is 18.4 Å². The highest BCUT2D eigenvalue weighted by Gasteiger charge is 2.18. The Kier molecular flexibility index (Phi) is 6.55. The molecule has 1 heterocycles. The number of nitrogens with one attached hydrogen (secondary N) is 1. The van der Waals surface area contributed by atoms with E-state index >= 15 is 0 Å². The van der Waals surface area contributed by atoms with E-state index in [1.54, 1.807) is 31.2 Å². The lowest BCUT2D eigenvalue weighted by Gasteiger charge is -2.12. The maximum atomic E-state index is 12.9. The second-order valence-electron chi connectivity index (χ2n) is 6.01. The lowest BCUT2D eigenvalue weighted by atomic mass is 10.2. The Hall–Kier alpha value is -3.27. The van der Waals surface area contributed by atoms with Gasteiger partial charge in [0.25, 0.3) is 5.56 Å². The number of amides is 1. The van der Waals surface area contributed by atoms with Crippen LogP contribution in [0.2, 0.25) is 0 Å². The summed E-state index contributed by atoms with van der Waals surface area (Å²) in [6.45, 7) is 1.22. The summed E-state index contributed by atoms with van der Waals surface area (Å²) >= 11 is 1.07. The zero-order valence-corrected chi connectivity index (χ0v) is 16.2. The Morgan fingerprint density at radius 2 is 1.93 bits per heavy atom. The Morgan fingerprint density at radius 3 is 2.69 bits per heavy atom. The highest BCUT2D eigenvalue weighted by atomic mass is 32.2. The van der Waals surface area contributed by atoms with Gasteiger partial charge in [0, 0.05) is 5.69 Å². The summed E-state index contributed by atoms with van der Waals surface area (Å²) in [5, 5.41) is 9.99. The minimum atomic E-state index is -0.641. The molecule has 2 aromatic carbocycles. The number of halogens is 1. The number of anilines is 1. The second kappa shape index (κ2) is 9.28. The number of esters is 1. The molecular weight excluding hydrogens is 399 g/mol. The van der Waals surface area contributed by atoms with Crippen molar-refractivity contribution in [1.82, 2.24) is 15.0 Å². The van der Waals surface area contributed by atoms with Gasteiger partial charge in [0.1, 0.15) is 16.6 Å². The quantitative estimate of drug-likeness (QED) is 0.589. The SMILES string of the molecule is CC(SCC(=O)Nc1ccc(F)cc1)C(=O)OCn1nnc2ccccc2c1=O. The largest absolute Gasteiger partial charge is 0.441 e. The summed E-state index contributed by atoms with van der Waals surface area (Å²) in [5.74, 6) is -1.32. The lowest BCUT2D eigenvalue weighted by Crippen LogP contribution is -2.28. The van der Waals surface area contributed by atoms with Crippen molar-refractivity contribution in [2.45, 2.75) is 18.9 Å². The van der Waals surface area contributed by atoms with Crippen LogP contribution in [-0.4, -0.2) is 37.9 Å². The molecule has 1 unspecified atom stereocenters. The van der Waals surface area contributed by atoms with Crippen molar-refractivity contribution >= 4 is 40.2 Å². The molecule has 0 bridgehead atoms. The summed E-state index contributed by atoms with van der Waals surface area (Å²) in [4.78, 5) is 36.4. The molecule has 0 aliphatic rings. The number of rotatable bonds is 7. The Bertz CT molecular complexity index is 1090. The fraction of sp³-hybridized carbons (Fsp3) is 0.211. The van der Waals surface area contributed by atoms with E-state index in [1.165, 1.54) is 24.3 Å². The molecular formula is C19H17FN4O4S. The van der Waals surface area contributed by atoms with E-state index in [2.05, 4.69) is 15.6 Å². The number of aromatic nitrogens is 3. The van der Waals surface area contributed by atoms with Crippen molar-refractivity contribution in [1.29, 1.82) is 0 Å². The van der Waals surface area contributed by atoms with E-state index in [0.717, 1.165) is 16.4 Å². The van der Waals surface area contributed by atoms with Crippen LogP contribution in [0.25, 0.3) is 10.9 Å². The molecule has 0 spiro atoms. The summed E-state index contributed by atoms with van der Waals surface area (Å²) in [6, 6.07) is 12.1. The fourth-order valence-electron chi connectivity index (χ4n) is 2.35. The predicted octanol–water partition coefficient (Wildman–Crippen LogP) is 2.19. The zero-order valence-electron chi connectivity index (χ0n) is 15.4. The van der Waals surface area contributed by atoms with Crippen LogP contribution in [0.1, 0.15) is 6.92 Å². The molecule has 0 fully saturated rings. The summed E-state index contributed by atoms with van der Waals surface area (Å²) in [5.41, 5.74) is 0.500. The van der Waals surface area contributed by atoms with Crippen molar-refractivity contribution in [2.75, 3.05) is 11.1 Å². The normalized spacial score (nSPS) is 11.8. The lowest BCUT2D eigenvalue weighted by molar-refractivity contribution is -0.147. The monoisotopic (exact) mass is 416 g/mol. The molecule has 0 aliphatic heterocycles. The second-order valence-corrected chi connectivity index (χ2v) is 7.34. The third-order valence-corrected chi connectivity index (χ3v) is 5.00. The molecule has 0 radical (unpaired) electrons. The fourth-order valence-corrected chi connectivity index (χ4v) is 3.03. The third-order valence-electron chi connectivity index (χ3n) is 3.88. The summed E-state index contributed by atoms with van der Waals surface area (Å²) in [7, 11) is 0. The Labute approximate surface area is 169 Å². The van der Waals surface area contributed by atoms with Gasteiger partial charge in [-0.15, -0.1) is 16.9 Å². The van der Waals surface area contributed by atoms with Gasteiger partial charge < -0.3 is 10.1 Å². The average molecular weight is 416 g/mol. The zero-order chi connectivity index (χ0) is 20.8. The first-order valence-corrected chi connectivity index (χ1v) is 9.65. The first kappa shape index (κ1) is 20.5. The molecule has 3 rings (SSSR count). The first-order chi connectivity index (χ1) is 13.9. The van der Waals surface area contributed by atoms with Crippen LogP contribution < -0.4 is 10.9 Å². The average Bonchev–Trinajstić information content (AvgIpc) is 2.73. The summed E-state index contributed by atoms with van der Waals surface area (Å²) < 4.78 is 18.9. The smallest absolute Gasteiger partial charge is 0.320 e. The van der Waals surface area contributed by atoms with Gasteiger partial charge in [0.15, 0.2) is 6.73 Å². The van der Waals surface area contributed by atoms with Crippen molar-refractivity contribution in [3.8, 4) is 0 Å². The number of thioether (sulfide) groups is 1. The predicted molar refractivity (Wildman–Crippen MR) is 107 cm³/mol. The Morgan fingerprint density at radius 1 is 1.21 bits per heavy atom. The molecule has 150 valence electrons. The molecule has 0 aliphatic carbocycles. The number of carbonyl (C=O) groups excluding carboxylic acids is 2. The number of nitrogens with zero attached hydrogens (tertiary/aromatic N) is 3. The Balaban J connectivity index is 1.49. The molecule has 1 atom stereocenters. The molecule has 29 heavy (non-hydrogen) atoms. The van der Waals surface area contributed by atoms with Crippen LogP contribution in [0.4, 0.5) is 10.1 Å². The van der Waals surface area contributed by atoms with E-state index in [4.69, 9.17) is 4.74 Å². The molecule has 0 saturated heterocycles. The van der Waals surface area contributed by atoms with Crippen molar-refractivity contribution in [2.24, 2.45) is 0 Å². The van der Waals surface area contributed by atoms with Crippen LogP contribution in [0.5, 0.6) is 0 Å². The molecule has 1 N–H and O–H groups in total. The van der Waals surface area contributed by atoms with Gasteiger partial charge in [0.05, 0.1) is 11.1 Å². The maximum absolute atomic E-state index is 12.9. The highest BCUT2D eigenvalue weighted by Crippen LogP contribution is 2.14. The van der Waals surface area contributed by atoms with Crippen LogP contribution in [0.3, 0.4) is 0 Å². The molecule has 0 saturated carbocycles. The van der Waals surface area contributed by atoms with Gasteiger partial charge in [-0.1, -0.05) is 17.3 Å². The van der Waals surface area contributed by atoms with E-state index in [9.17, 15) is 18.8 Å². The minimum absolute atomic E-state index is 0.00334. The third kappa shape index (κ3) is 5.38. The topological polar surface area (TPSA) is 103 Å². The number of hydrogen-bond donors (Lipinski definition) is 1. The van der Waals surface area contributed by atoms with E-state index in [0.29, 0.717) is 16.6 Å². The number of fused-ring (bicyclic) bond motifs is 1. The van der Waals surface area contributed by atoms with Crippen molar-refractivity contribution < 1.29 is 18.7 Å². The van der Waals surface area contributed by atoms with Crippen LogP contribution >= 0.6 is 11.8 Å². The van der Waals surface area contributed by atoms with E-state index < -0.39 is 22.6 Å². The number of carbonyl (C=O) groups is 2. The van der Waals surface area contributed by atoms with Gasteiger partial charge in [-0.3, -0.25) is 14.4 Å². The summed E-state index contributed by atoms with van der Waals surface area (Å²) in [6.07, 6.45) is 0. The first-order valence-electron chi connectivity index (χ1n) is 8.60. The molecule has 3 aromatic rings. The van der Waals surface area contributed by atoms with Gasteiger partial charge in [-0.25, -0.2) is 4.39 Å².